The van der Waals surface area contributed by atoms with Gasteiger partial charge in [-0.2, -0.15) is 0 Å². The Kier molecular flexibility index (Phi) is 4.64. The highest BCUT2D eigenvalue weighted by Gasteiger charge is 2.38. The second kappa shape index (κ2) is 7.91. The fourth-order valence-electron chi connectivity index (χ4n) is 4.69. The molecule has 4 heterocycles. The van der Waals surface area contributed by atoms with Crippen molar-refractivity contribution in [2.75, 3.05) is 0 Å². The van der Waals surface area contributed by atoms with Crippen molar-refractivity contribution in [3.8, 4) is 23.0 Å². The number of nitrogens with zero attached hydrogens (tertiary/aromatic N) is 4. The summed E-state index contributed by atoms with van der Waals surface area (Å²) >= 11 is 12.9. The molecule has 6 aromatic rings. The van der Waals surface area contributed by atoms with Gasteiger partial charge in [0.15, 0.2) is 17.2 Å². The van der Waals surface area contributed by atoms with Gasteiger partial charge in [0.2, 0.25) is 5.88 Å². The number of fused-ring (bicyclic) bond motifs is 6. The number of benzene rings is 3. The molecule has 3 aromatic heterocycles. The van der Waals surface area contributed by atoms with Crippen LogP contribution in [0.1, 0.15) is 22.6 Å². The molecular weight excluding hydrogens is 499 g/mol. The van der Waals surface area contributed by atoms with E-state index in [4.69, 9.17) is 37.3 Å². The SMILES string of the molecule is O=c1oc2ccccc2c2c1C(c1ccc(Cl)cc1Cl)c1c(ncn3nc(-c4ccccc4)nc13)O2. The summed E-state index contributed by atoms with van der Waals surface area (Å²) in [5.74, 6) is 0.528. The van der Waals surface area contributed by atoms with Crippen molar-refractivity contribution >= 4 is 39.8 Å². The summed E-state index contributed by atoms with van der Waals surface area (Å²) < 4.78 is 13.6. The number of halogens is 2. The van der Waals surface area contributed by atoms with Gasteiger partial charge in [-0.3, -0.25) is 0 Å². The summed E-state index contributed by atoms with van der Waals surface area (Å²) in [5, 5.41) is 6.14. The van der Waals surface area contributed by atoms with Gasteiger partial charge in [-0.15, -0.1) is 5.10 Å². The van der Waals surface area contributed by atoms with E-state index in [0.29, 0.717) is 60.8 Å². The highest BCUT2D eigenvalue weighted by molar-refractivity contribution is 6.35. The molecule has 0 radical (unpaired) electrons. The van der Waals surface area contributed by atoms with Crippen LogP contribution in [0.15, 0.2) is 88.3 Å². The number of aromatic nitrogens is 4. The number of rotatable bonds is 2. The van der Waals surface area contributed by atoms with Crippen molar-refractivity contribution in [3.63, 3.8) is 0 Å². The maximum absolute atomic E-state index is 13.4. The van der Waals surface area contributed by atoms with Gasteiger partial charge in [0.1, 0.15) is 11.9 Å². The Balaban J connectivity index is 1.58. The van der Waals surface area contributed by atoms with Crippen LogP contribution in [0.4, 0.5) is 0 Å². The molecule has 0 aliphatic carbocycles. The second-order valence-corrected chi connectivity index (χ2v) is 9.21. The molecule has 0 spiro atoms. The number of ether oxygens (including phenoxy) is 1. The zero-order chi connectivity index (χ0) is 24.4. The third kappa shape index (κ3) is 3.13. The highest BCUT2D eigenvalue weighted by Crippen LogP contribution is 2.50. The fourth-order valence-corrected chi connectivity index (χ4v) is 5.20. The van der Waals surface area contributed by atoms with Gasteiger partial charge in [-0.1, -0.05) is 71.7 Å². The molecule has 7 nitrogen and oxygen atoms in total. The van der Waals surface area contributed by atoms with Gasteiger partial charge in [0.25, 0.3) is 0 Å². The topological polar surface area (TPSA) is 82.5 Å². The Hall–Kier alpha value is -4.20. The minimum absolute atomic E-state index is 0.310. The van der Waals surface area contributed by atoms with Crippen molar-refractivity contribution in [1.82, 2.24) is 19.6 Å². The molecule has 0 saturated heterocycles. The predicted octanol–water partition coefficient (Wildman–Crippen LogP) is 6.49. The van der Waals surface area contributed by atoms with Crippen molar-refractivity contribution in [2.45, 2.75) is 5.92 Å². The van der Waals surface area contributed by atoms with Gasteiger partial charge in [0, 0.05) is 15.6 Å². The predicted molar refractivity (Wildman–Crippen MR) is 136 cm³/mol. The summed E-state index contributed by atoms with van der Waals surface area (Å²) in [5.41, 5.74) is 2.74. The molecule has 0 N–H and O–H groups in total. The smallest absolute Gasteiger partial charge is 0.344 e. The van der Waals surface area contributed by atoms with Crippen LogP contribution in [-0.2, 0) is 0 Å². The van der Waals surface area contributed by atoms with Crippen molar-refractivity contribution in [3.05, 3.63) is 116 Å². The maximum Gasteiger partial charge on any atom is 0.344 e. The first-order valence-electron chi connectivity index (χ1n) is 11.1. The maximum atomic E-state index is 13.4. The van der Waals surface area contributed by atoms with Gasteiger partial charge in [-0.05, 0) is 29.8 Å². The quantitative estimate of drug-likeness (QED) is 0.246. The first-order chi connectivity index (χ1) is 17.6. The molecule has 0 bridgehead atoms. The Morgan fingerprint density at radius 1 is 0.917 bits per heavy atom. The molecule has 0 fully saturated rings. The Morgan fingerprint density at radius 2 is 1.72 bits per heavy atom. The van der Waals surface area contributed by atoms with Gasteiger partial charge >= 0.3 is 5.63 Å². The van der Waals surface area contributed by atoms with Gasteiger partial charge < -0.3 is 9.15 Å². The second-order valence-electron chi connectivity index (χ2n) is 8.36. The Bertz CT molecular complexity index is 1880. The lowest BCUT2D eigenvalue weighted by Gasteiger charge is -2.27. The van der Waals surface area contributed by atoms with E-state index in [9.17, 15) is 4.79 Å². The molecule has 1 unspecified atom stereocenters. The third-order valence-electron chi connectivity index (χ3n) is 6.27. The van der Waals surface area contributed by atoms with Crippen LogP contribution in [0.25, 0.3) is 28.0 Å². The van der Waals surface area contributed by atoms with E-state index in [-0.39, 0.29) is 0 Å². The molecule has 1 aliphatic rings. The summed E-state index contributed by atoms with van der Waals surface area (Å²) in [6, 6.07) is 22.0. The van der Waals surface area contributed by atoms with Crippen molar-refractivity contribution < 1.29 is 9.15 Å². The van der Waals surface area contributed by atoms with Gasteiger partial charge in [0.05, 0.1) is 22.4 Å². The molecule has 0 amide bonds. The van der Waals surface area contributed by atoms with Crippen LogP contribution < -0.4 is 10.4 Å². The average Bonchev–Trinajstić information content (AvgIpc) is 3.33. The van der Waals surface area contributed by atoms with Crippen LogP contribution in [0.5, 0.6) is 11.6 Å². The molecule has 3 aromatic carbocycles. The zero-order valence-electron chi connectivity index (χ0n) is 18.4. The first-order valence-corrected chi connectivity index (χ1v) is 11.8. The van der Waals surface area contributed by atoms with Crippen LogP contribution >= 0.6 is 23.2 Å². The standard InChI is InChI=1S/C27H14Cl2N4O3/c28-15-10-11-16(18(29)12-15)20-21-23(17-8-4-5-9-19(17)35-27(21)34)36-26-22(20)25-31-24(32-33(25)13-30-26)14-6-2-1-3-7-14/h1-13,20H. The Labute approximate surface area is 213 Å². The zero-order valence-corrected chi connectivity index (χ0v) is 19.9. The summed E-state index contributed by atoms with van der Waals surface area (Å²) in [6.07, 6.45) is 1.55. The number of para-hydroxylation sites is 1. The van der Waals surface area contributed by atoms with Crippen molar-refractivity contribution in [1.29, 1.82) is 0 Å². The molecule has 1 aliphatic heterocycles. The minimum Gasteiger partial charge on any atom is -0.437 e. The molecule has 174 valence electrons. The number of hydrogen-bond acceptors (Lipinski definition) is 6. The molecule has 1 atom stereocenters. The summed E-state index contributed by atoms with van der Waals surface area (Å²) in [7, 11) is 0. The lowest BCUT2D eigenvalue weighted by Crippen LogP contribution is -2.22. The molecular formula is C27H14Cl2N4O3. The molecule has 36 heavy (non-hydrogen) atoms. The van der Waals surface area contributed by atoms with Crippen LogP contribution in [0.2, 0.25) is 10.0 Å². The minimum atomic E-state index is -0.682. The normalized spacial score (nSPS) is 14.4. The van der Waals surface area contributed by atoms with E-state index in [2.05, 4.69) is 10.1 Å². The monoisotopic (exact) mass is 512 g/mol. The molecule has 9 heteroatoms. The fraction of sp³-hybridized carbons (Fsp3) is 0.0370. The lowest BCUT2D eigenvalue weighted by molar-refractivity contribution is 0.422. The summed E-state index contributed by atoms with van der Waals surface area (Å²) in [6.45, 7) is 0. The lowest BCUT2D eigenvalue weighted by atomic mass is 9.84. The van der Waals surface area contributed by atoms with Crippen LogP contribution in [0.3, 0.4) is 0 Å². The van der Waals surface area contributed by atoms with E-state index in [0.717, 1.165) is 5.56 Å². The largest absolute Gasteiger partial charge is 0.437 e. The summed E-state index contributed by atoms with van der Waals surface area (Å²) in [4.78, 5) is 22.8. The van der Waals surface area contributed by atoms with E-state index >= 15 is 0 Å². The highest BCUT2D eigenvalue weighted by atomic mass is 35.5. The van der Waals surface area contributed by atoms with Crippen molar-refractivity contribution in [2.24, 2.45) is 0 Å². The van der Waals surface area contributed by atoms with Crippen LogP contribution in [-0.4, -0.2) is 19.6 Å². The van der Waals surface area contributed by atoms with E-state index < -0.39 is 11.5 Å². The molecule has 0 saturated carbocycles. The Morgan fingerprint density at radius 3 is 2.56 bits per heavy atom. The average molecular weight is 513 g/mol. The van der Waals surface area contributed by atoms with E-state index in [1.54, 1.807) is 41.2 Å². The first kappa shape index (κ1) is 21.1. The third-order valence-corrected chi connectivity index (χ3v) is 6.83. The number of hydrogen-bond donors (Lipinski definition) is 0. The molecule has 7 rings (SSSR count). The van der Waals surface area contributed by atoms with E-state index in [1.165, 1.54) is 0 Å². The van der Waals surface area contributed by atoms with Crippen LogP contribution in [0, 0.1) is 0 Å². The van der Waals surface area contributed by atoms with E-state index in [1.807, 2.05) is 42.5 Å². The van der Waals surface area contributed by atoms with Gasteiger partial charge in [-0.25, -0.2) is 19.3 Å².